The lowest BCUT2D eigenvalue weighted by Crippen LogP contribution is -2.52. The van der Waals surface area contributed by atoms with Gasteiger partial charge in [0.15, 0.2) is 0 Å². The molecule has 33 heavy (non-hydrogen) atoms. The first-order valence-corrected chi connectivity index (χ1v) is 11.1. The molecule has 2 aromatic carbocycles. The van der Waals surface area contributed by atoms with Crippen LogP contribution < -0.4 is 15.4 Å². The number of hydrogen-bond acceptors (Lipinski definition) is 6. The van der Waals surface area contributed by atoms with Gasteiger partial charge in [-0.05, 0) is 43.5 Å². The molecule has 0 radical (unpaired) electrons. The number of aryl methyl sites for hydroxylation is 1. The van der Waals surface area contributed by atoms with Crippen molar-refractivity contribution in [3.63, 3.8) is 0 Å². The number of aliphatic hydroxyl groups is 1. The standard InChI is InChI=1S/C24H29N5O4/c1-32-19-9-7-18(8-10-19)25-24(31)26-21-12-11-20(33-23(21)16-30)13-14-29-15-22(27-28-29)17-5-3-2-4-6-17/h2-10,15,20-21,23,30H,11-14,16H2,1H3,(H2,25,26,31)/t20-,21+,23-/m1/s1. The third-order valence-electron chi connectivity index (χ3n) is 5.75. The lowest BCUT2D eigenvalue weighted by Gasteiger charge is -2.36. The molecule has 3 aromatic rings. The highest BCUT2D eigenvalue weighted by molar-refractivity contribution is 5.89. The Bertz CT molecular complexity index is 1020. The van der Waals surface area contributed by atoms with Gasteiger partial charge >= 0.3 is 6.03 Å². The smallest absolute Gasteiger partial charge is 0.319 e. The van der Waals surface area contributed by atoms with Crippen molar-refractivity contribution in [2.24, 2.45) is 0 Å². The second-order valence-corrected chi connectivity index (χ2v) is 8.01. The molecule has 1 fully saturated rings. The third-order valence-corrected chi connectivity index (χ3v) is 5.75. The summed E-state index contributed by atoms with van der Waals surface area (Å²) in [5.74, 6) is 0.718. The Hall–Kier alpha value is -3.43. The van der Waals surface area contributed by atoms with Crippen molar-refractivity contribution < 1.29 is 19.4 Å². The quantitative estimate of drug-likeness (QED) is 0.486. The van der Waals surface area contributed by atoms with Crippen LogP contribution in [0.5, 0.6) is 5.75 Å². The fourth-order valence-electron chi connectivity index (χ4n) is 3.94. The van der Waals surface area contributed by atoms with Gasteiger partial charge in [0.2, 0.25) is 0 Å². The predicted molar refractivity (Wildman–Crippen MR) is 124 cm³/mol. The van der Waals surface area contributed by atoms with Crippen molar-refractivity contribution in [3.05, 3.63) is 60.8 Å². The summed E-state index contributed by atoms with van der Waals surface area (Å²) in [6.07, 6.45) is 3.70. The van der Waals surface area contributed by atoms with Crippen LogP contribution in [0, 0.1) is 0 Å². The molecule has 0 saturated carbocycles. The monoisotopic (exact) mass is 451 g/mol. The summed E-state index contributed by atoms with van der Waals surface area (Å²) in [7, 11) is 1.59. The number of nitrogens with zero attached hydrogens (tertiary/aromatic N) is 3. The van der Waals surface area contributed by atoms with Crippen LogP contribution in [0.25, 0.3) is 11.3 Å². The van der Waals surface area contributed by atoms with E-state index in [0.717, 1.165) is 36.3 Å². The Morgan fingerprint density at radius 2 is 1.97 bits per heavy atom. The Balaban J connectivity index is 1.25. The molecule has 4 rings (SSSR count). The number of methoxy groups -OCH3 is 1. The molecule has 2 heterocycles. The van der Waals surface area contributed by atoms with Gasteiger partial charge in [-0.2, -0.15) is 0 Å². The van der Waals surface area contributed by atoms with E-state index in [-0.39, 0.29) is 24.8 Å². The van der Waals surface area contributed by atoms with Crippen LogP contribution >= 0.6 is 0 Å². The average molecular weight is 452 g/mol. The van der Waals surface area contributed by atoms with Crippen molar-refractivity contribution in [2.45, 2.75) is 44.1 Å². The maximum absolute atomic E-state index is 12.4. The van der Waals surface area contributed by atoms with Gasteiger partial charge in [-0.15, -0.1) is 5.10 Å². The summed E-state index contributed by atoms with van der Waals surface area (Å²) in [5.41, 5.74) is 2.52. The second kappa shape index (κ2) is 10.9. The van der Waals surface area contributed by atoms with E-state index in [1.165, 1.54) is 0 Å². The van der Waals surface area contributed by atoms with Crippen LogP contribution in [0.15, 0.2) is 60.8 Å². The van der Waals surface area contributed by atoms with Crippen LogP contribution in [0.4, 0.5) is 10.5 Å². The van der Waals surface area contributed by atoms with Crippen molar-refractivity contribution in [1.29, 1.82) is 0 Å². The Morgan fingerprint density at radius 1 is 1.18 bits per heavy atom. The van der Waals surface area contributed by atoms with E-state index >= 15 is 0 Å². The molecule has 1 aromatic heterocycles. The Labute approximate surface area is 192 Å². The van der Waals surface area contributed by atoms with Crippen molar-refractivity contribution in [1.82, 2.24) is 20.3 Å². The number of benzene rings is 2. The van der Waals surface area contributed by atoms with Gasteiger partial charge in [-0.1, -0.05) is 35.5 Å². The number of rotatable bonds is 8. The van der Waals surface area contributed by atoms with Crippen molar-refractivity contribution >= 4 is 11.7 Å². The number of hydrogen-bond donors (Lipinski definition) is 3. The van der Waals surface area contributed by atoms with Gasteiger partial charge < -0.3 is 25.2 Å². The maximum atomic E-state index is 12.4. The van der Waals surface area contributed by atoms with Gasteiger partial charge in [0.25, 0.3) is 0 Å². The molecule has 3 N–H and O–H groups in total. The highest BCUT2D eigenvalue weighted by Gasteiger charge is 2.31. The number of aliphatic hydroxyl groups excluding tert-OH is 1. The molecule has 1 aliphatic rings. The van der Waals surface area contributed by atoms with Gasteiger partial charge in [-0.25, -0.2) is 4.79 Å². The third kappa shape index (κ3) is 6.09. The molecule has 3 atom stereocenters. The summed E-state index contributed by atoms with van der Waals surface area (Å²) in [4.78, 5) is 12.4. The van der Waals surface area contributed by atoms with Crippen LogP contribution in [0.3, 0.4) is 0 Å². The van der Waals surface area contributed by atoms with E-state index < -0.39 is 6.10 Å². The average Bonchev–Trinajstić information content (AvgIpc) is 3.33. The normalized spacial score (nSPS) is 20.2. The number of aromatic nitrogens is 3. The molecule has 0 spiro atoms. The molecule has 1 aliphatic heterocycles. The van der Waals surface area contributed by atoms with Gasteiger partial charge in [-0.3, -0.25) is 4.68 Å². The van der Waals surface area contributed by atoms with Gasteiger partial charge in [0, 0.05) is 17.8 Å². The van der Waals surface area contributed by atoms with Gasteiger partial charge in [0.05, 0.1) is 32.1 Å². The van der Waals surface area contributed by atoms with E-state index in [2.05, 4.69) is 20.9 Å². The lowest BCUT2D eigenvalue weighted by atomic mass is 9.97. The number of nitrogens with one attached hydrogen (secondary N) is 2. The van der Waals surface area contributed by atoms with E-state index in [0.29, 0.717) is 12.2 Å². The molecule has 9 nitrogen and oxygen atoms in total. The summed E-state index contributed by atoms with van der Waals surface area (Å²) in [6.45, 7) is 0.504. The van der Waals surface area contributed by atoms with Crippen LogP contribution in [0.2, 0.25) is 0 Å². The molecule has 0 bridgehead atoms. The van der Waals surface area contributed by atoms with Crippen LogP contribution in [-0.2, 0) is 11.3 Å². The zero-order valence-electron chi connectivity index (χ0n) is 18.6. The molecular formula is C24H29N5O4. The number of carbonyl (C=O) groups excluding carboxylic acids is 1. The zero-order valence-corrected chi connectivity index (χ0v) is 18.6. The van der Waals surface area contributed by atoms with Crippen LogP contribution in [0.1, 0.15) is 19.3 Å². The number of ether oxygens (including phenoxy) is 2. The number of anilines is 1. The first-order valence-electron chi connectivity index (χ1n) is 11.1. The first kappa shape index (κ1) is 22.8. The van der Waals surface area contributed by atoms with E-state index in [1.54, 1.807) is 31.4 Å². The van der Waals surface area contributed by atoms with Gasteiger partial charge in [0.1, 0.15) is 17.5 Å². The minimum atomic E-state index is -0.457. The minimum absolute atomic E-state index is 0.0192. The molecule has 0 unspecified atom stereocenters. The molecule has 9 heteroatoms. The van der Waals surface area contributed by atoms with E-state index in [9.17, 15) is 9.90 Å². The fourth-order valence-corrected chi connectivity index (χ4v) is 3.94. The number of carbonyl (C=O) groups is 1. The number of urea groups is 1. The second-order valence-electron chi connectivity index (χ2n) is 8.01. The van der Waals surface area contributed by atoms with Crippen LogP contribution in [-0.4, -0.2) is 58.1 Å². The SMILES string of the molecule is COc1ccc(NC(=O)N[C@H]2CC[C@H](CCn3cc(-c4ccccc4)nn3)O[C@@H]2CO)cc1. The maximum Gasteiger partial charge on any atom is 0.319 e. The minimum Gasteiger partial charge on any atom is -0.497 e. The highest BCUT2D eigenvalue weighted by atomic mass is 16.5. The number of amides is 2. The Morgan fingerprint density at radius 3 is 2.70 bits per heavy atom. The topological polar surface area (TPSA) is 111 Å². The molecule has 0 aliphatic carbocycles. The van der Waals surface area contributed by atoms with Crippen molar-refractivity contribution in [3.8, 4) is 17.0 Å². The summed E-state index contributed by atoms with van der Waals surface area (Å²) in [6, 6.07) is 16.4. The zero-order chi connectivity index (χ0) is 23.0. The largest absolute Gasteiger partial charge is 0.497 e. The highest BCUT2D eigenvalue weighted by Crippen LogP contribution is 2.23. The first-order chi connectivity index (χ1) is 16.1. The predicted octanol–water partition coefficient (Wildman–Crippen LogP) is 3.07. The Kier molecular flexibility index (Phi) is 7.54. The lowest BCUT2D eigenvalue weighted by molar-refractivity contribution is -0.0905. The molecule has 1 saturated heterocycles. The summed E-state index contributed by atoms with van der Waals surface area (Å²) < 4.78 is 13.0. The molecule has 2 amide bonds. The van der Waals surface area contributed by atoms with E-state index in [4.69, 9.17) is 9.47 Å². The fraction of sp³-hybridized carbons (Fsp3) is 0.375. The summed E-state index contributed by atoms with van der Waals surface area (Å²) in [5, 5.41) is 24.0. The van der Waals surface area contributed by atoms with Crippen molar-refractivity contribution in [2.75, 3.05) is 19.0 Å². The van der Waals surface area contributed by atoms with E-state index in [1.807, 2.05) is 41.2 Å². The molecule has 174 valence electrons. The molecular weight excluding hydrogens is 422 g/mol. The summed E-state index contributed by atoms with van der Waals surface area (Å²) >= 11 is 0.